The highest BCUT2D eigenvalue weighted by atomic mass is 32.1. The zero-order valence-corrected chi connectivity index (χ0v) is 18.4. The number of carbonyl (C=O) groups excluding carboxylic acids is 1. The Kier molecular flexibility index (Phi) is 9.13. The number of carboxylic acid groups (broad SMARTS) is 1. The number of ether oxygens (including phenoxy) is 1. The van der Waals surface area contributed by atoms with E-state index < -0.39 is 30.2 Å². The Morgan fingerprint density at radius 3 is 2.52 bits per heavy atom. The molecular formula is C20H26F2N4O4S. The number of hydrogen-bond donors (Lipinski definition) is 4. The van der Waals surface area contributed by atoms with Gasteiger partial charge in [-0.1, -0.05) is 32.9 Å². The summed E-state index contributed by atoms with van der Waals surface area (Å²) >= 11 is 0.721. The number of benzene rings is 1. The summed E-state index contributed by atoms with van der Waals surface area (Å²) in [7, 11) is 0. The number of nitrogens with one attached hydrogen (secondary N) is 3. The predicted molar refractivity (Wildman–Crippen MR) is 114 cm³/mol. The molecule has 0 saturated carbocycles. The quantitative estimate of drug-likeness (QED) is 0.383. The largest absolute Gasteiger partial charge is 0.477 e. The number of urea groups is 1. The van der Waals surface area contributed by atoms with Gasteiger partial charge in [0.15, 0.2) is 17.2 Å². The van der Waals surface area contributed by atoms with E-state index in [1.54, 1.807) is 6.92 Å². The minimum atomic E-state index is -1.37. The predicted octanol–water partition coefficient (Wildman–Crippen LogP) is 3.77. The smallest absolute Gasteiger partial charge is 0.344 e. The Labute approximate surface area is 183 Å². The van der Waals surface area contributed by atoms with Crippen LogP contribution in [-0.2, 0) is 13.0 Å². The van der Waals surface area contributed by atoms with E-state index in [2.05, 4.69) is 20.3 Å². The number of aromatic carboxylic acids is 1. The molecule has 8 nitrogen and oxygen atoms in total. The molecule has 0 saturated heterocycles. The van der Waals surface area contributed by atoms with Gasteiger partial charge in [0.2, 0.25) is 5.88 Å². The highest BCUT2D eigenvalue weighted by Gasteiger charge is 2.24. The summed E-state index contributed by atoms with van der Waals surface area (Å²) in [6.45, 7) is 6.45. The maximum atomic E-state index is 14.1. The van der Waals surface area contributed by atoms with Crippen molar-refractivity contribution in [2.24, 2.45) is 0 Å². The molecule has 2 amide bonds. The first kappa shape index (κ1) is 24.5. The van der Waals surface area contributed by atoms with Crippen molar-refractivity contribution in [1.29, 1.82) is 0 Å². The Hall–Kier alpha value is -2.79. The van der Waals surface area contributed by atoms with Crippen LogP contribution in [0, 0.1) is 11.6 Å². The van der Waals surface area contributed by atoms with Crippen LogP contribution >= 0.6 is 11.5 Å². The molecule has 0 bridgehead atoms. The lowest BCUT2D eigenvalue weighted by atomic mass is 10.1. The highest BCUT2D eigenvalue weighted by molar-refractivity contribution is 7.11. The number of nitrogens with zero attached hydrogens (tertiary/aromatic N) is 1. The number of aromatic nitrogens is 1. The summed E-state index contributed by atoms with van der Waals surface area (Å²) in [4.78, 5) is 23.7. The average Bonchev–Trinajstić information content (AvgIpc) is 3.11. The van der Waals surface area contributed by atoms with E-state index in [9.17, 15) is 23.5 Å². The summed E-state index contributed by atoms with van der Waals surface area (Å²) in [6.07, 6.45) is 1.04. The van der Waals surface area contributed by atoms with E-state index in [-0.39, 0.29) is 27.6 Å². The Morgan fingerprint density at radius 1 is 1.19 bits per heavy atom. The number of rotatable bonds is 11. The van der Waals surface area contributed by atoms with Gasteiger partial charge >= 0.3 is 12.0 Å². The van der Waals surface area contributed by atoms with Crippen molar-refractivity contribution >= 4 is 28.5 Å². The molecule has 0 spiro atoms. The molecule has 170 valence electrons. The zero-order chi connectivity index (χ0) is 23.0. The first-order chi connectivity index (χ1) is 14.7. The number of carbonyl (C=O) groups is 2. The summed E-state index contributed by atoms with van der Waals surface area (Å²) in [5.74, 6) is -3.65. The maximum Gasteiger partial charge on any atom is 0.344 e. The van der Waals surface area contributed by atoms with Crippen LogP contribution < -0.4 is 20.7 Å². The molecule has 11 heteroatoms. The molecule has 2 rings (SSSR count). The fourth-order valence-corrected chi connectivity index (χ4v) is 3.36. The number of aryl methyl sites for hydroxylation is 1. The Bertz CT molecular complexity index is 921. The van der Waals surface area contributed by atoms with Crippen LogP contribution in [0.25, 0.3) is 0 Å². The van der Waals surface area contributed by atoms with Crippen LogP contribution in [0.5, 0.6) is 5.88 Å². The van der Waals surface area contributed by atoms with Gasteiger partial charge < -0.3 is 20.5 Å². The van der Waals surface area contributed by atoms with Crippen molar-refractivity contribution in [3.8, 4) is 5.88 Å². The van der Waals surface area contributed by atoms with E-state index in [1.165, 1.54) is 12.1 Å². The third-order valence-electron chi connectivity index (χ3n) is 4.28. The number of carboxylic acids is 1. The Morgan fingerprint density at radius 2 is 1.87 bits per heavy atom. The van der Waals surface area contributed by atoms with Crippen molar-refractivity contribution in [3.63, 3.8) is 0 Å². The van der Waals surface area contributed by atoms with E-state index >= 15 is 0 Å². The Balaban J connectivity index is 2.00. The van der Waals surface area contributed by atoms with Crippen molar-refractivity contribution in [1.82, 2.24) is 15.0 Å². The molecule has 0 atom stereocenters. The van der Waals surface area contributed by atoms with E-state index in [0.717, 1.165) is 18.1 Å². The van der Waals surface area contributed by atoms with Crippen LogP contribution in [0.1, 0.15) is 48.7 Å². The van der Waals surface area contributed by atoms with Gasteiger partial charge in [-0.3, -0.25) is 5.32 Å². The summed E-state index contributed by atoms with van der Waals surface area (Å²) < 4.78 is 37.3. The van der Waals surface area contributed by atoms with Gasteiger partial charge in [-0.15, -0.1) is 0 Å². The van der Waals surface area contributed by atoms with Crippen molar-refractivity contribution in [3.05, 3.63) is 40.5 Å². The minimum Gasteiger partial charge on any atom is -0.477 e. The van der Waals surface area contributed by atoms with Crippen LogP contribution in [0.15, 0.2) is 12.1 Å². The number of hydrogen-bond acceptors (Lipinski definition) is 6. The third-order valence-corrected chi connectivity index (χ3v) is 5.03. The molecule has 0 radical (unpaired) electrons. The van der Waals surface area contributed by atoms with Gasteiger partial charge in [0.1, 0.15) is 11.6 Å². The van der Waals surface area contributed by atoms with Gasteiger partial charge in [0.25, 0.3) is 0 Å². The summed E-state index contributed by atoms with van der Waals surface area (Å²) in [5.41, 5.74) is -0.187. The topological polar surface area (TPSA) is 113 Å². The second-order valence-electron chi connectivity index (χ2n) is 6.99. The molecule has 0 aliphatic carbocycles. The minimum absolute atomic E-state index is 0.0201. The lowest BCUT2D eigenvalue weighted by Crippen LogP contribution is -2.32. The van der Waals surface area contributed by atoms with E-state index in [0.29, 0.717) is 25.4 Å². The standard InChI is InChI=1S/C20H26F2N4O4S/c1-4-12-6-7-13(16(22)15(12)21)10-30-17-14(19(27)28)18(31-26-17)25-20(29)24-9-5-8-23-11(2)3/h6-7,11,23H,4-5,8-10H2,1-3H3,(H,27,28)(H2,24,25,29). The lowest BCUT2D eigenvalue weighted by molar-refractivity contribution is 0.0693. The lowest BCUT2D eigenvalue weighted by Gasteiger charge is -2.10. The fraction of sp³-hybridized carbons (Fsp3) is 0.450. The third kappa shape index (κ3) is 6.86. The van der Waals surface area contributed by atoms with Gasteiger partial charge in [0, 0.05) is 18.2 Å². The first-order valence-electron chi connectivity index (χ1n) is 9.84. The highest BCUT2D eigenvalue weighted by Crippen LogP contribution is 2.31. The fourth-order valence-electron chi connectivity index (χ4n) is 2.64. The van der Waals surface area contributed by atoms with Gasteiger partial charge in [-0.05, 0) is 36.5 Å². The monoisotopic (exact) mass is 456 g/mol. The van der Waals surface area contributed by atoms with Gasteiger partial charge in [-0.25, -0.2) is 18.4 Å². The molecule has 2 aromatic rings. The molecule has 0 fully saturated rings. The zero-order valence-electron chi connectivity index (χ0n) is 17.6. The molecule has 0 unspecified atom stereocenters. The van der Waals surface area contributed by atoms with Gasteiger partial charge in [0.05, 0.1) is 0 Å². The number of amides is 2. The average molecular weight is 457 g/mol. The van der Waals surface area contributed by atoms with Gasteiger partial charge in [-0.2, -0.15) is 4.37 Å². The summed E-state index contributed by atoms with van der Waals surface area (Å²) in [5, 5.41) is 17.7. The molecule has 31 heavy (non-hydrogen) atoms. The first-order valence-corrected chi connectivity index (χ1v) is 10.6. The molecule has 0 aliphatic heterocycles. The van der Waals surface area contributed by atoms with Crippen LogP contribution in [0.3, 0.4) is 0 Å². The number of anilines is 1. The molecule has 0 aliphatic rings. The second kappa shape index (κ2) is 11.6. The molecular weight excluding hydrogens is 430 g/mol. The molecule has 1 aromatic heterocycles. The van der Waals surface area contributed by atoms with Crippen LogP contribution in [0.4, 0.5) is 18.6 Å². The second-order valence-corrected chi connectivity index (χ2v) is 7.77. The number of halogens is 2. The van der Waals surface area contributed by atoms with Crippen molar-refractivity contribution < 1.29 is 28.2 Å². The maximum absolute atomic E-state index is 14.1. The van der Waals surface area contributed by atoms with Crippen molar-refractivity contribution in [2.45, 2.75) is 46.3 Å². The molecule has 1 aromatic carbocycles. The van der Waals surface area contributed by atoms with Crippen molar-refractivity contribution in [2.75, 3.05) is 18.4 Å². The van der Waals surface area contributed by atoms with E-state index in [4.69, 9.17) is 4.74 Å². The van der Waals surface area contributed by atoms with Crippen LogP contribution in [0.2, 0.25) is 0 Å². The summed E-state index contributed by atoms with van der Waals surface area (Å²) in [6, 6.07) is 2.59. The SMILES string of the molecule is CCc1ccc(COc2nsc(NC(=O)NCCCNC(C)C)c2C(=O)O)c(F)c1F. The normalized spacial score (nSPS) is 10.9. The van der Waals surface area contributed by atoms with E-state index in [1.807, 2.05) is 13.8 Å². The van der Waals surface area contributed by atoms with Crippen LogP contribution in [-0.4, -0.2) is 40.6 Å². The molecule has 1 heterocycles. The molecule has 4 N–H and O–H groups in total.